The summed E-state index contributed by atoms with van der Waals surface area (Å²) in [6.07, 6.45) is 7.18. The summed E-state index contributed by atoms with van der Waals surface area (Å²) in [5.41, 5.74) is 6.55. The minimum atomic E-state index is -0.0922. The molecule has 0 radical (unpaired) electrons. The maximum atomic E-state index is 6.64. The van der Waals surface area contributed by atoms with E-state index in [-0.39, 0.29) is 5.54 Å². The molecule has 2 rings (SSSR count). The molecular weight excluding hydrogens is 224 g/mol. The van der Waals surface area contributed by atoms with E-state index in [0.717, 1.165) is 37.5 Å². The summed E-state index contributed by atoms with van der Waals surface area (Å²) < 4.78 is 2.01. The molecule has 0 aliphatic heterocycles. The molecule has 0 aromatic carbocycles. The Morgan fingerprint density at radius 3 is 2.94 bits per heavy atom. The van der Waals surface area contributed by atoms with Gasteiger partial charge in [0, 0.05) is 18.5 Å². The van der Waals surface area contributed by atoms with Crippen molar-refractivity contribution < 1.29 is 0 Å². The Kier molecular flexibility index (Phi) is 4.05. The SMILES string of the molecule is CCCn1ncnc1CC1(N)CCC(C)CC1C. The topological polar surface area (TPSA) is 56.7 Å². The highest BCUT2D eigenvalue weighted by Crippen LogP contribution is 2.36. The number of aryl methyl sites for hydroxylation is 1. The Balaban J connectivity index is 2.09. The second kappa shape index (κ2) is 5.39. The third kappa shape index (κ3) is 2.74. The molecule has 0 amide bonds. The molecule has 1 heterocycles. The van der Waals surface area contributed by atoms with Gasteiger partial charge < -0.3 is 5.73 Å². The second-order valence-corrected chi connectivity index (χ2v) is 6.09. The fraction of sp³-hybridized carbons (Fsp3) is 0.857. The normalized spacial score (nSPS) is 32.7. The van der Waals surface area contributed by atoms with Crippen LogP contribution in [0.2, 0.25) is 0 Å². The first-order chi connectivity index (χ1) is 8.55. The third-order valence-corrected chi connectivity index (χ3v) is 4.46. The van der Waals surface area contributed by atoms with E-state index in [0.29, 0.717) is 5.92 Å². The van der Waals surface area contributed by atoms with Gasteiger partial charge in [0.25, 0.3) is 0 Å². The lowest BCUT2D eigenvalue weighted by Crippen LogP contribution is -2.51. The number of nitrogens with zero attached hydrogens (tertiary/aromatic N) is 3. The average Bonchev–Trinajstić information content (AvgIpc) is 2.73. The monoisotopic (exact) mass is 250 g/mol. The third-order valence-electron chi connectivity index (χ3n) is 4.46. The lowest BCUT2D eigenvalue weighted by molar-refractivity contribution is 0.159. The lowest BCUT2D eigenvalue weighted by Gasteiger charge is -2.41. The van der Waals surface area contributed by atoms with Crippen LogP contribution in [0.25, 0.3) is 0 Å². The molecule has 0 saturated heterocycles. The van der Waals surface area contributed by atoms with Crippen LogP contribution in [-0.2, 0) is 13.0 Å². The van der Waals surface area contributed by atoms with Crippen molar-refractivity contribution >= 4 is 0 Å². The van der Waals surface area contributed by atoms with E-state index in [1.54, 1.807) is 6.33 Å². The van der Waals surface area contributed by atoms with Gasteiger partial charge in [-0.15, -0.1) is 0 Å². The van der Waals surface area contributed by atoms with E-state index in [1.807, 2.05) is 4.68 Å². The quantitative estimate of drug-likeness (QED) is 0.892. The van der Waals surface area contributed by atoms with E-state index in [2.05, 4.69) is 30.9 Å². The maximum Gasteiger partial charge on any atom is 0.138 e. The highest BCUT2D eigenvalue weighted by Gasteiger charge is 2.37. The van der Waals surface area contributed by atoms with Gasteiger partial charge in [-0.05, 0) is 37.5 Å². The van der Waals surface area contributed by atoms with Crippen LogP contribution in [0.3, 0.4) is 0 Å². The number of nitrogens with two attached hydrogens (primary N) is 1. The molecule has 3 atom stereocenters. The molecule has 3 unspecified atom stereocenters. The molecule has 4 heteroatoms. The van der Waals surface area contributed by atoms with Crippen LogP contribution in [0.5, 0.6) is 0 Å². The number of aromatic nitrogens is 3. The van der Waals surface area contributed by atoms with Crippen molar-refractivity contribution in [3.63, 3.8) is 0 Å². The van der Waals surface area contributed by atoms with Crippen molar-refractivity contribution in [3.8, 4) is 0 Å². The summed E-state index contributed by atoms with van der Waals surface area (Å²) >= 11 is 0. The molecule has 1 aliphatic rings. The number of rotatable bonds is 4. The van der Waals surface area contributed by atoms with E-state index in [4.69, 9.17) is 5.73 Å². The van der Waals surface area contributed by atoms with Crippen molar-refractivity contribution in [2.24, 2.45) is 17.6 Å². The molecule has 102 valence electrons. The largest absolute Gasteiger partial charge is 0.324 e. The summed E-state index contributed by atoms with van der Waals surface area (Å²) in [5, 5.41) is 4.29. The highest BCUT2D eigenvalue weighted by atomic mass is 15.3. The molecule has 1 fully saturated rings. The molecule has 4 nitrogen and oxygen atoms in total. The summed E-state index contributed by atoms with van der Waals surface area (Å²) in [6.45, 7) is 7.72. The summed E-state index contributed by atoms with van der Waals surface area (Å²) in [6, 6.07) is 0. The van der Waals surface area contributed by atoms with Crippen molar-refractivity contribution in [1.82, 2.24) is 14.8 Å². The average molecular weight is 250 g/mol. The summed E-state index contributed by atoms with van der Waals surface area (Å²) in [4.78, 5) is 4.40. The first kappa shape index (κ1) is 13.5. The van der Waals surface area contributed by atoms with Crippen molar-refractivity contribution in [2.75, 3.05) is 0 Å². The van der Waals surface area contributed by atoms with Gasteiger partial charge in [-0.25, -0.2) is 4.98 Å². The van der Waals surface area contributed by atoms with Gasteiger partial charge in [-0.3, -0.25) is 4.68 Å². The smallest absolute Gasteiger partial charge is 0.138 e. The highest BCUT2D eigenvalue weighted by molar-refractivity contribution is 5.02. The minimum absolute atomic E-state index is 0.0922. The van der Waals surface area contributed by atoms with Crippen LogP contribution in [0.4, 0.5) is 0 Å². The number of hydrogen-bond acceptors (Lipinski definition) is 3. The maximum absolute atomic E-state index is 6.64. The Hall–Kier alpha value is -0.900. The standard InChI is InChI=1S/C14H26N4/c1-4-7-18-13(16-10-17-18)9-14(15)6-5-11(2)8-12(14)3/h10-12H,4-9,15H2,1-3H3. The van der Waals surface area contributed by atoms with Crippen LogP contribution in [-0.4, -0.2) is 20.3 Å². The Labute approximate surface area is 110 Å². The van der Waals surface area contributed by atoms with Crippen molar-refractivity contribution in [1.29, 1.82) is 0 Å². The van der Waals surface area contributed by atoms with Gasteiger partial charge in [0.1, 0.15) is 12.2 Å². The predicted octanol–water partition coefficient (Wildman–Crippen LogP) is 2.38. The van der Waals surface area contributed by atoms with Crippen LogP contribution in [0, 0.1) is 11.8 Å². The van der Waals surface area contributed by atoms with Crippen LogP contribution in [0.1, 0.15) is 52.3 Å². The molecular formula is C14H26N4. The molecule has 18 heavy (non-hydrogen) atoms. The fourth-order valence-corrected chi connectivity index (χ4v) is 3.10. The van der Waals surface area contributed by atoms with Gasteiger partial charge >= 0.3 is 0 Å². The van der Waals surface area contributed by atoms with Gasteiger partial charge in [-0.2, -0.15) is 5.10 Å². The summed E-state index contributed by atoms with van der Waals surface area (Å²) in [5.74, 6) is 2.43. The fourth-order valence-electron chi connectivity index (χ4n) is 3.10. The van der Waals surface area contributed by atoms with Gasteiger partial charge in [0.2, 0.25) is 0 Å². The predicted molar refractivity (Wildman–Crippen MR) is 73.1 cm³/mol. The molecule has 1 aromatic rings. The molecule has 2 N–H and O–H groups in total. The lowest BCUT2D eigenvalue weighted by atomic mass is 9.69. The van der Waals surface area contributed by atoms with Crippen LogP contribution < -0.4 is 5.73 Å². The first-order valence-corrected chi connectivity index (χ1v) is 7.20. The van der Waals surface area contributed by atoms with Gasteiger partial charge in [-0.1, -0.05) is 20.8 Å². The Bertz CT molecular complexity index is 387. The summed E-state index contributed by atoms with van der Waals surface area (Å²) in [7, 11) is 0. The number of hydrogen-bond donors (Lipinski definition) is 1. The van der Waals surface area contributed by atoms with Crippen molar-refractivity contribution in [3.05, 3.63) is 12.2 Å². The molecule has 0 bridgehead atoms. The van der Waals surface area contributed by atoms with E-state index < -0.39 is 0 Å². The zero-order valence-electron chi connectivity index (χ0n) is 11.9. The molecule has 1 aromatic heterocycles. The van der Waals surface area contributed by atoms with E-state index in [1.165, 1.54) is 12.8 Å². The van der Waals surface area contributed by atoms with Crippen molar-refractivity contribution in [2.45, 2.75) is 65.0 Å². The first-order valence-electron chi connectivity index (χ1n) is 7.20. The zero-order valence-corrected chi connectivity index (χ0v) is 11.9. The van der Waals surface area contributed by atoms with Gasteiger partial charge in [0.15, 0.2) is 0 Å². The molecule has 1 saturated carbocycles. The van der Waals surface area contributed by atoms with E-state index >= 15 is 0 Å². The van der Waals surface area contributed by atoms with E-state index in [9.17, 15) is 0 Å². The minimum Gasteiger partial charge on any atom is -0.324 e. The zero-order chi connectivity index (χ0) is 13.2. The van der Waals surface area contributed by atoms with Crippen LogP contribution >= 0.6 is 0 Å². The molecule has 1 aliphatic carbocycles. The molecule has 0 spiro atoms. The Morgan fingerprint density at radius 2 is 2.28 bits per heavy atom. The Morgan fingerprint density at radius 1 is 1.50 bits per heavy atom. The van der Waals surface area contributed by atoms with Gasteiger partial charge in [0.05, 0.1) is 0 Å². The second-order valence-electron chi connectivity index (χ2n) is 6.09. The van der Waals surface area contributed by atoms with Crippen LogP contribution in [0.15, 0.2) is 6.33 Å².